The lowest BCUT2D eigenvalue weighted by Gasteiger charge is -2.11. The van der Waals surface area contributed by atoms with Crippen LogP contribution in [0.2, 0.25) is 0 Å². The number of halogens is 1. The number of rotatable bonds is 4. The second-order valence-corrected chi connectivity index (χ2v) is 5.24. The van der Waals surface area contributed by atoms with Gasteiger partial charge in [0.15, 0.2) is 0 Å². The topological polar surface area (TPSA) is 39.1 Å². The summed E-state index contributed by atoms with van der Waals surface area (Å²) < 4.78 is 20.7. The highest BCUT2D eigenvalue weighted by Crippen LogP contribution is 2.28. The first-order valence-corrected chi connectivity index (χ1v) is 6.77. The molecule has 4 nitrogen and oxygen atoms in total. The molecule has 1 unspecified atom stereocenters. The van der Waals surface area contributed by atoms with E-state index in [0.29, 0.717) is 0 Å². The summed E-state index contributed by atoms with van der Waals surface area (Å²) in [5.41, 5.74) is 3.18. The Kier molecular flexibility index (Phi) is 3.44. The fraction of sp³-hybridized carbons (Fsp3) is 0.400. The first-order chi connectivity index (χ1) is 9.61. The number of benzene rings is 1. The molecule has 1 N–H and O–H groups in total. The quantitative estimate of drug-likeness (QED) is 0.927. The van der Waals surface area contributed by atoms with Crippen LogP contribution >= 0.6 is 0 Å². The zero-order valence-corrected chi connectivity index (χ0v) is 11.7. The van der Waals surface area contributed by atoms with E-state index in [1.165, 1.54) is 11.6 Å². The summed E-state index contributed by atoms with van der Waals surface area (Å²) in [5, 5.41) is 7.68. The fourth-order valence-electron chi connectivity index (χ4n) is 2.59. The summed E-state index contributed by atoms with van der Waals surface area (Å²) >= 11 is 0. The maximum absolute atomic E-state index is 13.1. The van der Waals surface area contributed by atoms with Gasteiger partial charge in [0.2, 0.25) is 0 Å². The molecule has 0 saturated heterocycles. The average Bonchev–Trinajstić information content (AvgIpc) is 2.92. The van der Waals surface area contributed by atoms with Crippen LogP contribution in [0.5, 0.6) is 5.75 Å². The minimum absolute atomic E-state index is 0.0729. The van der Waals surface area contributed by atoms with E-state index < -0.39 is 0 Å². The van der Waals surface area contributed by atoms with Crippen molar-refractivity contribution in [3.63, 3.8) is 0 Å². The van der Waals surface area contributed by atoms with E-state index in [1.54, 1.807) is 12.1 Å². The monoisotopic (exact) mass is 275 g/mol. The Labute approximate surface area is 117 Å². The molecule has 2 heterocycles. The smallest absolute Gasteiger partial charge is 0.123 e. The molecule has 0 fully saturated rings. The molecule has 2 aromatic rings. The van der Waals surface area contributed by atoms with Crippen LogP contribution in [0.1, 0.15) is 16.8 Å². The molecule has 5 heteroatoms. The van der Waals surface area contributed by atoms with Gasteiger partial charge in [-0.2, -0.15) is 5.10 Å². The standard InChI is InChI=1S/C15H18FN3O/c1-10-12(9-19(2)18-10)7-17-8-14-6-11-5-13(16)3-4-15(11)20-14/h3-5,9,14,17H,6-8H2,1-2H3. The van der Waals surface area contributed by atoms with Gasteiger partial charge in [-0.05, 0) is 25.1 Å². The molecule has 20 heavy (non-hydrogen) atoms. The predicted octanol–water partition coefficient (Wildman–Crippen LogP) is 1.96. The van der Waals surface area contributed by atoms with Gasteiger partial charge in [-0.25, -0.2) is 4.39 Å². The molecule has 0 saturated carbocycles. The Bertz CT molecular complexity index is 624. The third-order valence-electron chi connectivity index (χ3n) is 3.57. The first kappa shape index (κ1) is 13.1. The van der Waals surface area contributed by atoms with E-state index in [1.807, 2.05) is 24.9 Å². The lowest BCUT2D eigenvalue weighted by Crippen LogP contribution is -2.29. The van der Waals surface area contributed by atoms with Crippen LogP contribution in [0.25, 0.3) is 0 Å². The number of nitrogens with zero attached hydrogens (tertiary/aromatic N) is 2. The van der Waals surface area contributed by atoms with Crippen molar-refractivity contribution in [2.24, 2.45) is 7.05 Å². The fourth-order valence-corrected chi connectivity index (χ4v) is 2.59. The van der Waals surface area contributed by atoms with Crippen LogP contribution in [0, 0.1) is 12.7 Å². The van der Waals surface area contributed by atoms with Crippen LogP contribution < -0.4 is 10.1 Å². The lowest BCUT2D eigenvalue weighted by atomic mass is 10.1. The lowest BCUT2D eigenvalue weighted by molar-refractivity contribution is 0.227. The number of aromatic nitrogens is 2. The molecular formula is C15H18FN3O. The van der Waals surface area contributed by atoms with Gasteiger partial charge in [-0.15, -0.1) is 0 Å². The van der Waals surface area contributed by atoms with Gasteiger partial charge >= 0.3 is 0 Å². The van der Waals surface area contributed by atoms with Crippen molar-refractivity contribution < 1.29 is 9.13 Å². The van der Waals surface area contributed by atoms with Gasteiger partial charge in [0, 0.05) is 43.9 Å². The SMILES string of the molecule is Cc1nn(C)cc1CNCC1Cc2cc(F)ccc2O1. The summed E-state index contributed by atoms with van der Waals surface area (Å²) in [6, 6.07) is 4.70. The van der Waals surface area contributed by atoms with E-state index >= 15 is 0 Å². The Morgan fingerprint density at radius 1 is 1.50 bits per heavy atom. The summed E-state index contributed by atoms with van der Waals surface area (Å²) in [6.45, 7) is 3.51. The number of nitrogens with one attached hydrogen (secondary N) is 1. The predicted molar refractivity (Wildman–Crippen MR) is 74.2 cm³/mol. The number of ether oxygens (including phenoxy) is 1. The largest absolute Gasteiger partial charge is 0.488 e. The van der Waals surface area contributed by atoms with Crippen LogP contribution in [0.4, 0.5) is 4.39 Å². The molecule has 1 aromatic heterocycles. The van der Waals surface area contributed by atoms with Gasteiger partial charge in [-0.1, -0.05) is 0 Å². The van der Waals surface area contributed by atoms with Crippen molar-refractivity contribution in [3.05, 3.63) is 47.0 Å². The van der Waals surface area contributed by atoms with Crippen LogP contribution in [-0.2, 0) is 20.0 Å². The zero-order chi connectivity index (χ0) is 14.1. The Morgan fingerprint density at radius 2 is 2.35 bits per heavy atom. The normalized spacial score (nSPS) is 17.1. The second kappa shape index (κ2) is 5.25. The van der Waals surface area contributed by atoms with E-state index in [4.69, 9.17) is 4.74 Å². The van der Waals surface area contributed by atoms with Gasteiger partial charge in [-0.3, -0.25) is 4.68 Å². The zero-order valence-electron chi connectivity index (χ0n) is 11.7. The van der Waals surface area contributed by atoms with Crippen LogP contribution in [0.15, 0.2) is 24.4 Å². The van der Waals surface area contributed by atoms with Crippen molar-refractivity contribution in [2.75, 3.05) is 6.54 Å². The Morgan fingerprint density at radius 3 is 3.10 bits per heavy atom. The van der Waals surface area contributed by atoms with Gasteiger partial charge in [0.25, 0.3) is 0 Å². The van der Waals surface area contributed by atoms with E-state index in [9.17, 15) is 4.39 Å². The molecular weight excluding hydrogens is 257 g/mol. The first-order valence-electron chi connectivity index (χ1n) is 6.77. The third-order valence-corrected chi connectivity index (χ3v) is 3.57. The molecule has 0 bridgehead atoms. The summed E-state index contributed by atoms with van der Waals surface area (Å²) in [7, 11) is 1.92. The maximum Gasteiger partial charge on any atom is 0.123 e. The molecule has 1 aliphatic heterocycles. The van der Waals surface area contributed by atoms with Crippen molar-refractivity contribution in [1.82, 2.24) is 15.1 Å². The van der Waals surface area contributed by atoms with Gasteiger partial charge in [0.05, 0.1) is 5.69 Å². The van der Waals surface area contributed by atoms with E-state index in [-0.39, 0.29) is 11.9 Å². The van der Waals surface area contributed by atoms with Crippen LogP contribution in [-0.4, -0.2) is 22.4 Å². The molecule has 0 aliphatic carbocycles. The third kappa shape index (κ3) is 2.67. The number of hydrogen-bond acceptors (Lipinski definition) is 3. The molecule has 1 aromatic carbocycles. The van der Waals surface area contributed by atoms with E-state index in [2.05, 4.69) is 10.4 Å². The minimum atomic E-state index is -0.202. The van der Waals surface area contributed by atoms with Gasteiger partial charge in [0.1, 0.15) is 17.7 Å². The molecule has 3 rings (SSSR count). The molecule has 0 amide bonds. The number of fused-ring (bicyclic) bond motifs is 1. The summed E-state index contributed by atoms with van der Waals surface area (Å²) in [4.78, 5) is 0. The van der Waals surface area contributed by atoms with Crippen molar-refractivity contribution in [3.8, 4) is 5.75 Å². The molecule has 1 atom stereocenters. The highest BCUT2D eigenvalue weighted by molar-refractivity contribution is 5.37. The molecule has 1 aliphatic rings. The molecule has 0 radical (unpaired) electrons. The minimum Gasteiger partial charge on any atom is -0.488 e. The van der Waals surface area contributed by atoms with Crippen LogP contribution in [0.3, 0.4) is 0 Å². The summed E-state index contributed by atoms with van der Waals surface area (Å²) in [5.74, 6) is 0.600. The number of hydrogen-bond donors (Lipinski definition) is 1. The van der Waals surface area contributed by atoms with Crippen molar-refractivity contribution in [2.45, 2.75) is 26.0 Å². The van der Waals surface area contributed by atoms with E-state index in [0.717, 1.165) is 36.5 Å². The molecule has 106 valence electrons. The van der Waals surface area contributed by atoms with Crippen molar-refractivity contribution >= 4 is 0 Å². The Balaban J connectivity index is 1.53. The van der Waals surface area contributed by atoms with Gasteiger partial charge < -0.3 is 10.1 Å². The summed E-state index contributed by atoms with van der Waals surface area (Å²) in [6.07, 6.45) is 2.84. The maximum atomic E-state index is 13.1. The Hall–Kier alpha value is -1.88. The molecule has 0 spiro atoms. The van der Waals surface area contributed by atoms with Crippen molar-refractivity contribution in [1.29, 1.82) is 0 Å². The average molecular weight is 275 g/mol. The second-order valence-electron chi connectivity index (χ2n) is 5.24. The highest BCUT2D eigenvalue weighted by Gasteiger charge is 2.22. The number of aryl methyl sites for hydroxylation is 2. The highest BCUT2D eigenvalue weighted by atomic mass is 19.1.